The first kappa shape index (κ1) is 14.1. The van der Waals surface area contributed by atoms with Crippen LogP contribution in [0.2, 0.25) is 0 Å². The average molecular weight is 236 g/mol. The van der Waals surface area contributed by atoms with Gasteiger partial charge in [-0.3, -0.25) is 4.98 Å². The van der Waals surface area contributed by atoms with Crippen LogP contribution in [0.5, 0.6) is 0 Å². The maximum absolute atomic E-state index is 5.69. The second kappa shape index (κ2) is 6.72. The van der Waals surface area contributed by atoms with Crippen molar-refractivity contribution in [1.29, 1.82) is 0 Å². The number of pyridine rings is 1. The van der Waals surface area contributed by atoms with E-state index in [1.165, 1.54) is 0 Å². The van der Waals surface area contributed by atoms with Gasteiger partial charge in [0.2, 0.25) is 0 Å². The normalized spacial score (nSPS) is 12.1. The fraction of sp³-hybridized carbons (Fsp3) is 0.643. The SMILES string of the molecule is CN(CCCOC(C)(C)C)Cc1ccccn1. The Hall–Kier alpha value is -0.930. The Bertz CT molecular complexity index is 306. The van der Waals surface area contributed by atoms with E-state index in [4.69, 9.17) is 4.74 Å². The molecule has 0 N–H and O–H groups in total. The molecule has 1 heterocycles. The Morgan fingerprint density at radius 1 is 1.29 bits per heavy atom. The van der Waals surface area contributed by atoms with Gasteiger partial charge in [-0.15, -0.1) is 0 Å². The summed E-state index contributed by atoms with van der Waals surface area (Å²) in [6.07, 6.45) is 2.90. The lowest BCUT2D eigenvalue weighted by Gasteiger charge is -2.21. The van der Waals surface area contributed by atoms with Crippen LogP contribution >= 0.6 is 0 Å². The van der Waals surface area contributed by atoms with Crippen LogP contribution in [0.4, 0.5) is 0 Å². The maximum atomic E-state index is 5.69. The van der Waals surface area contributed by atoms with Crippen LogP contribution in [0.25, 0.3) is 0 Å². The molecule has 0 aliphatic heterocycles. The number of aromatic nitrogens is 1. The van der Waals surface area contributed by atoms with Crippen molar-refractivity contribution in [2.75, 3.05) is 20.2 Å². The Labute approximate surface area is 105 Å². The summed E-state index contributed by atoms with van der Waals surface area (Å²) in [5.74, 6) is 0. The predicted molar refractivity (Wildman–Crippen MR) is 70.9 cm³/mol. The third-order valence-corrected chi connectivity index (χ3v) is 2.38. The van der Waals surface area contributed by atoms with Crippen LogP contribution < -0.4 is 0 Å². The molecule has 0 spiro atoms. The third-order valence-electron chi connectivity index (χ3n) is 2.38. The molecule has 0 fully saturated rings. The minimum Gasteiger partial charge on any atom is -0.376 e. The van der Waals surface area contributed by atoms with Gasteiger partial charge in [0.05, 0.1) is 11.3 Å². The lowest BCUT2D eigenvalue weighted by Crippen LogP contribution is -2.24. The highest BCUT2D eigenvalue weighted by Crippen LogP contribution is 2.07. The smallest absolute Gasteiger partial charge is 0.0598 e. The zero-order valence-electron chi connectivity index (χ0n) is 11.4. The van der Waals surface area contributed by atoms with Crippen LogP contribution in [-0.4, -0.2) is 35.7 Å². The van der Waals surface area contributed by atoms with Gasteiger partial charge >= 0.3 is 0 Å². The van der Waals surface area contributed by atoms with E-state index in [9.17, 15) is 0 Å². The van der Waals surface area contributed by atoms with E-state index in [0.717, 1.165) is 31.8 Å². The fourth-order valence-corrected chi connectivity index (χ4v) is 1.56. The molecule has 0 radical (unpaired) electrons. The van der Waals surface area contributed by atoms with Gasteiger partial charge in [-0.2, -0.15) is 0 Å². The van der Waals surface area contributed by atoms with Crippen molar-refractivity contribution in [2.45, 2.75) is 39.3 Å². The largest absolute Gasteiger partial charge is 0.376 e. The molecule has 0 amide bonds. The lowest BCUT2D eigenvalue weighted by atomic mass is 10.2. The minimum absolute atomic E-state index is 0.0282. The van der Waals surface area contributed by atoms with Crippen LogP contribution in [0.1, 0.15) is 32.9 Å². The van der Waals surface area contributed by atoms with E-state index in [-0.39, 0.29) is 5.60 Å². The molecular formula is C14H24N2O. The fourth-order valence-electron chi connectivity index (χ4n) is 1.56. The zero-order chi connectivity index (χ0) is 12.7. The summed E-state index contributed by atoms with van der Waals surface area (Å²) in [7, 11) is 2.12. The predicted octanol–water partition coefficient (Wildman–Crippen LogP) is 2.72. The standard InChI is InChI=1S/C14H24N2O/c1-14(2,3)17-11-7-10-16(4)12-13-8-5-6-9-15-13/h5-6,8-9H,7,10-12H2,1-4H3. The first-order valence-electron chi connectivity index (χ1n) is 6.20. The molecule has 0 atom stereocenters. The molecule has 0 aromatic carbocycles. The zero-order valence-corrected chi connectivity index (χ0v) is 11.4. The number of nitrogens with zero attached hydrogens (tertiary/aromatic N) is 2. The van der Waals surface area contributed by atoms with Crippen molar-refractivity contribution >= 4 is 0 Å². The monoisotopic (exact) mass is 236 g/mol. The van der Waals surface area contributed by atoms with Gasteiger partial charge in [0.1, 0.15) is 0 Å². The van der Waals surface area contributed by atoms with E-state index in [1.807, 2.05) is 18.3 Å². The van der Waals surface area contributed by atoms with Crippen LogP contribution in [-0.2, 0) is 11.3 Å². The van der Waals surface area contributed by atoms with Gasteiger partial charge in [-0.1, -0.05) is 6.07 Å². The number of hydrogen-bond donors (Lipinski definition) is 0. The maximum Gasteiger partial charge on any atom is 0.0598 e. The Morgan fingerprint density at radius 3 is 2.65 bits per heavy atom. The molecule has 1 aromatic rings. The molecule has 3 heteroatoms. The van der Waals surface area contributed by atoms with Crippen molar-refractivity contribution < 1.29 is 4.74 Å². The van der Waals surface area contributed by atoms with Crippen molar-refractivity contribution in [3.05, 3.63) is 30.1 Å². The van der Waals surface area contributed by atoms with E-state index < -0.39 is 0 Å². The molecule has 0 saturated carbocycles. The summed E-state index contributed by atoms with van der Waals surface area (Å²) in [6, 6.07) is 6.03. The first-order chi connectivity index (χ1) is 7.97. The second-order valence-electron chi connectivity index (χ2n) is 5.37. The quantitative estimate of drug-likeness (QED) is 0.710. The van der Waals surface area contributed by atoms with Gasteiger partial charge < -0.3 is 9.64 Å². The van der Waals surface area contributed by atoms with E-state index in [2.05, 4.69) is 43.8 Å². The topological polar surface area (TPSA) is 25.4 Å². The molecule has 96 valence electrons. The number of rotatable bonds is 6. The molecule has 0 saturated heterocycles. The highest BCUT2D eigenvalue weighted by molar-refractivity contribution is 5.02. The van der Waals surface area contributed by atoms with Crippen molar-refractivity contribution in [1.82, 2.24) is 9.88 Å². The molecule has 3 nitrogen and oxygen atoms in total. The van der Waals surface area contributed by atoms with Gasteiger partial charge in [0, 0.05) is 25.9 Å². The number of ether oxygens (including phenoxy) is 1. The Kier molecular flexibility index (Phi) is 5.59. The van der Waals surface area contributed by atoms with Gasteiger partial charge in [0.25, 0.3) is 0 Å². The molecular weight excluding hydrogens is 212 g/mol. The van der Waals surface area contributed by atoms with E-state index >= 15 is 0 Å². The molecule has 1 rings (SSSR count). The van der Waals surface area contributed by atoms with Gasteiger partial charge in [-0.05, 0) is 46.4 Å². The van der Waals surface area contributed by atoms with Gasteiger partial charge in [-0.25, -0.2) is 0 Å². The van der Waals surface area contributed by atoms with Crippen molar-refractivity contribution in [2.24, 2.45) is 0 Å². The molecule has 0 aliphatic carbocycles. The Morgan fingerprint density at radius 2 is 2.06 bits per heavy atom. The molecule has 0 bridgehead atoms. The average Bonchev–Trinajstić information content (AvgIpc) is 2.25. The third kappa shape index (κ3) is 7.08. The number of hydrogen-bond acceptors (Lipinski definition) is 3. The van der Waals surface area contributed by atoms with E-state index in [0.29, 0.717) is 0 Å². The first-order valence-corrected chi connectivity index (χ1v) is 6.20. The summed E-state index contributed by atoms with van der Waals surface area (Å²) in [5, 5.41) is 0. The summed E-state index contributed by atoms with van der Waals surface area (Å²) < 4.78 is 5.69. The van der Waals surface area contributed by atoms with Gasteiger partial charge in [0.15, 0.2) is 0 Å². The molecule has 0 unspecified atom stereocenters. The lowest BCUT2D eigenvalue weighted by molar-refractivity contribution is -0.00648. The highest BCUT2D eigenvalue weighted by atomic mass is 16.5. The van der Waals surface area contributed by atoms with Crippen LogP contribution in [0.15, 0.2) is 24.4 Å². The molecule has 1 aromatic heterocycles. The summed E-state index contributed by atoms with van der Waals surface area (Å²) in [4.78, 5) is 6.59. The van der Waals surface area contributed by atoms with E-state index in [1.54, 1.807) is 0 Å². The summed E-state index contributed by atoms with van der Waals surface area (Å²) in [5.41, 5.74) is 1.09. The minimum atomic E-state index is -0.0282. The van der Waals surface area contributed by atoms with Crippen molar-refractivity contribution in [3.63, 3.8) is 0 Å². The summed E-state index contributed by atoms with van der Waals surface area (Å²) >= 11 is 0. The second-order valence-corrected chi connectivity index (χ2v) is 5.37. The molecule has 0 aliphatic rings. The Balaban J connectivity index is 2.16. The highest BCUT2D eigenvalue weighted by Gasteiger charge is 2.09. The van der Waals surface area contributed by atoms with Crippen LogP contribution in [0, 0.1) is 0 Å². The summed E-state index contributed by atoms with van der Waals surface area (Å²) in [6.45, 7) is 9.01. The van der Waals surface area contributed by atoms with Crippen molar-refractivity contribution in [3.8, 4) is 0 Å². The van der Waals surface area contributed by atoms with Crippen LogP contribution in [0.3, 0.4) is 0 Å². The molecule has 17 heavy (non-hydrogen) atoms.